The van der Waals surface area contributed by atoms with Crippen molar-refractivity contribution in [3.05, 3.63) is 35.7 Å². The van der Waals surface area contributed by atoms with E-state index in [4.69, 9.17) is 11.6 Å². The summed E-state index contributed by atoms with van der Waals surface area (Å²) >= 11 is 6.08. The van der Waals surface area contributed by atoms with Gasteiger partial charge in [-0.2, -0.15) is 0 Å². The van der Waals surface area contributed by atoms with Gasteiger partial charge in [0.15, 0.2) is 0 Å². The van der Waals surface area contributed by atoms with Crippen LogP contribution in [0.1, 0.15) is 19.8 Å². The Bertz CT molecular complexity index is 284. The second-order valence-electron chi connectivity index (χ2n) is 3.67. The van der Waals surface area contributed by atoms with Crippen molar-refractivity contribution < 1.29 is 0 Å². The molecule has 64 valence electrons. The Morgan fingerprint density at radius 1 is 1.58 bits per heavy atom. The molecule has 0 radical (unpaired) electrons. The lowest BCUT2D eigenvalue weighted by atomic mass is 10.2. The molecule has 12 heavy (non-hydrogen) atoms. The SMILES string of the molecule is C=C1C=CC=C(Cl)N1C1(C)CC1. The number of halogens is 1. The topological polar surface area (TPSA) is 3.24 Å². The number of hydrogen-bond donors (Lipinski definition) is 0. The van der Waals surface area contributed by atoms with Crippen LogP contribution in [-0.4, -0.2) is 10.4 Å². The molecular weight excluding hydrogens is 170 g/mol. The van der Waals surface area contributed by atoms with E-state index in [1.54, 1.807) is 0 Å². The first-order valence-corrected chi connectivity index (χ1v) is 4.54. The van der Waals surface area contributed by atoms with Crippen molar-refractivity contribution in [1.29, 1.82) is 0 Å². The molecule has 2 heteroatoms. The van der Waals surface area contributed by atoms with Crippen LogP contribution in [-0.2, 0) is 0 Å². The second kappa shape index (κ2) is 2.40. The summed E-state index contributed by atoms with van der Waals surface area (Å²) in [6, 6.07) is 0. The van der Waals surface area contributed by atoms with Crippen molar-refractivity contribution in [3.63, 3.8) is 0 Å². The third-order valence-corrected chi connectivity index (χ3v) is 2.83. The molecule has 0 atom stereocenters. The highest BCUT2D eigenvalue weighted by atomic mass is 35.5. The monoisotopic (exact) mass is 181 g/mol. The van der Waals surface area contributed by atoms with E-state index in [9.17, 15) is 0 Å². The van der Waals surface area contributed by atoms with E-state index in [0.29, 0.717) is 0 Å². The Hall–Kier alpha value is -0.690. The first kappa shape index (κ1) is 7.93. The lowest BCUT2D eigenvalue weighted by Crippen LogP contribution is -2.31. The van der Waals surface area contributed by atoms with Crippen LogP contribution < -0.4 is 0 Å². The van der Waals surface area contributed by atoms with Crippen LogP contribution in [0, 0.1) is 0 Å². The Morgan fingerprint density at radius 3 is 2.75 bits per heavy atom. The summed E-state index contributed by atoms with van der Waals surface area (Å²) in [7, 11) is 0. The minimum Gasteiger partial charge on any atom is -0.327 e. The largest absolute Gasteiger partial charge is 0.327 e. The molecule has 2 aliphatic rings. The molecule has 0 aromatic carbocycles. The maximum Gasteiger partial charge on any atom is 0.109 e. The van der Waals surface area contributed by atoms with E-state index >= 15 is 0 Å². The van der Waals surface area contributed by atoms with Crippen LogP contribution in [0.4, 0.5) is 0 Å². The predicted molar refractivity (Wildman–Crippen MR) is 51.7 cm³/mol. The van der Waals surface area contributed by atoms with Gasteiger partial charge in [-0.25, -0.2) is 0 Å². The maximum absolute atomic E-state index is 6.08. The van der Waals surface area contributed by atoms with Gasteiger partial charge in [-0.3, -0.25) is 0 Å². The van der Waals surface area contributed by atoms with Crippen molar-refractivity contribution >= 4 is 11.6 Å². The average molecular weight is 182 g/mol. The lowest BCUT2D eigenvalue weighted by molar-refractivity contribution is 0.339. The van der Waals surface area contributed by atoms with E-state index in [1.807, 2.05) is 18.2 Å². The molecule has 1 fully saturated rings. The number of allylic oxidation sites excluding steroid dienone is 3. The molecule has 1 aliphatic heterocycles. The van der Waals surface area contributed by atoms with E-state index in [0.717, 1.165) is 10.9 Å². The van der Waals surface area contributed by atoms with Gasteiger partial charge in [-0.05, 0) is 31.9 Å². The van der Waals surface area contributed by atoms with E-state index in [1.165, 1.54) is 12.8 Å². The fourth-order valence-electron chi connectivity index (χ4n) is 1.53. The van der Waals surface area contributed by atoms with Crippen LogP contribution in [0.3, 0.4) is 0 Å². The average Bonchev–Trinajstić information content (AvgIpc) is 2.68. The van der Waals surface area contributed by atoms with Crippen molar-refractivity contribution in [2.75, 3.05) is 0 Å². The first-order valence-electron chi connectivity index (χ1n) is 4.16. The van der Waals surface area contributed by atoms with Crippen LogP contribution >= 0.6 is 11.6 Å². The molecule has 0 unspecified atom stereocenters. The maximum atomic E-state index is 6.08. The van der Waals surface area contributed by atoms with Gasteiger partial charge in [0.2, 0.25) is 0 Å². The third-order valence-electron chi connectivity index (χ3n) is 2.54. The second-order valence-corrected chi connectivity index (χ2v) is 4.06. The zero-order chi connectivity index (χ0) is 8.77. The highest BCUT2D eigenvalue weighted by molar-refractivity contribution is 6.29. The molecule has 0 N–H and O–H groups in total. The normalized spacial score (nSPS) is 25.7. The summed E-state index contributed by atoms with van der Waals surface area (Å²) in [6.45, 7) is 6.18. The zero-order valence-corrected chi connectivity index (χ0v) is 7.93. The van der Waals surface area contributed by atoms with Gasteiger partial charge >= 0.3 is 0 Å². The molecular formula is C10H12ClN. The summed E-state index contributed by atoms with van der Waals surface area (Å²) < 4.78 is 0. The number of nitrogens with zero attached hydrogens (tertiary/aromatic N) is 1. The quantitative estimate of drug-likeness (QED) is 0.563. The number of rotatable bonds is 1. The fraction of sp³-hybridized carbons (Fsp3) is 0.400. The molecule has 0 spiro atoms. The van der Waals surface area contributed by atoms with Crippen LogP contribution in [0.5, 0.6) is 0 Å². The van der Waals surface area contributed by atoms with Gasteiger partial charge in [0.25, 0.3) is 0 Å². The van der Waals surface area contributed by atoms with Gasteiger partial charge < -0.3 is 4.90 Å². The zero-order valence-electron chi connectivity index (χ0n) is 7.18. The predicted octanol–water partition coefficient (Wildman–Crippen LogP) is 3.00. The van der Waals surface area contributed by atoms with E-state index < -0.39 is 0 Å². The standard InChI is InChI=1S/C10H12ClN/c1-8-4-3-5-9(11)12(8)10(2)6-7-10/h3-5H,1,6-7H2,2H3. The highest BCUT2D eigenvalue weighted by Gasteiger charge is 2.45. The van der Waals surface area contributed by atoms with Gasteiger partial charge in [0, 0.05) is 11.2 Å². The van der Waals surface area contributed by atoms with Gasteiger partial charge in [0.05, 0.1) is 0 Å². The summed E-state index contributed by atoms with van der Waals surface area (Å²) in [5.41, 5.74) is 1.25. The van der Waals surface area contributed by atoms with Crippen LogP contribution in [0.15, 0.2) is 35.7 Å². The smallest absolute Gasteiger partial charge is 0.109 e. The summed E-state index contributed by atoms with van der Waals surface area (Å²) in [6.07, 6.45) is 8.27. The Labute approximate surface area is 78.0 Å². The molecule has 1 heterocycles. The fourth-order valence-corrected chi connectivity index (χ4v) is 1.92. The van der Waals surface area contributed by atoms with Gasteiger partial charge in [-0.15, -0.1) is 0 Å². The van der Waals surface area contributed by atoms with Gasteiger partial charge in [-0.1, -0.05) is 24.3 Å². The minimum atomic E-state index is 0.245. The lowest BCUT2D eigenvalue weighted by Gasteiger charge is -2.32. The highest BCUT2D eigenvalue weighted by Crippen LogP contribution is 2.46. The molecule has 2 rings (SSSR count). The molecule has 0 aromatic heterocycles. The Morgan fingerprint density at radius 2 is 2.25 bits per heavy atom. The molecule has 0 saturated heterocycles. The van der Waals surface area contributed by atoms with Crippen molar-refractivity contribution in [1.82, 2.24) is 4.90 Å². The van der Waals surface area contributed by atoms with Crippen molar-refractivity contribution in [2.45, 2.75) is 25.3 Å². The first-order chi connectivity index (χ1) is 5.63. The van der Waals surface area contributed by atoms with Gasteiger partial charge in [0.1, 0.15) is 5.16 Å². The summed E-state index contributed by atoms with van der Waals surface area (Å²) in [4.78, 5) is 2.12. The third kappa shape index (κ3) is 1.09. The van der Waals surface area contributed by atoms with E-state index in [-0.39, 0.29) is 5.54 Å². The van der Waals surface area contributed by atoms with Crippen molar-refractivity contribution in [2.24, 2.45) is 0 Å². The number of hydrogen-bond acceptors (Lipinski definition) is 1. The Kier molecular flexibility index (Phi) is 1.58. The summed E-state index contributed by atoms with van der Waals surface area (Å²) in [5, 5.41) is 0.794. The van der Waals surface area contributed by atoms with Crippen molar-refractivity contribution in [3.8, 4) is 0 Å². The minimum absolute atomic E-state index is 0.245. The molecule has 1 aliphatic carbocycles. The molecule has 1 nitrogen and oxygen atoms in total. The Balaban J connectivity index is 2.29. The molecule has 0 bridgehead atoms. The summed E-state index contributed by atoms with van der Waals surface area (Å²) in [5.74, 6) is 0. The van der Waals surface area contributed by atoms with Crippen LogP contribution in [0.2, 0.25) is 0 Å². The molecule has 0 aromatic rings. The van der Waals surface area contributed by atoms with Crippen LogP contribution in [0.25, 0.3) is 0 Å². The van der Waals surface area contributed by atoms with E-state index in [2.05, 4.69) is 18.4 Å². The molecule has 1 saturated carbocycles. The molecule has 0 amide bonds.